The number of nitrogen functional groups attached to an aromatic ring is 2. The van der Waals surface area contributed by atoms with Gasteiger partial charge in [0, 0.05) is 12.7 Å². The molecule has 3 aromatic rings. The summed E-state index contributed by atoms with van der Waals surface area (Å²) in [5, 5.41) is -0.0757. The van der Waals surface area contributed by atoms with Crippen LogP contribution in [0.1, 0.15) is 29.8 Å². The second-order valence-electron chi connectivity index (χ2n) is 5.31. The van der Waals surface area contributed by atoms with Crippen LogP contribution in [0, 0.1) is 0 Å². The van der Waals surface area contributed by atoms with Gasteiger partial charge in [-0.25, -0.2) is 4.98 Å². The smallest absolute Gasteiger partial charge is 0.396 e. The Bertz CT molecular complexity index is 918. The highest BCUT2D eigenvalue weighted by Gasteiger charge is 2.41. The van der Waals surface area contributed by atoms with Gasteiger partial charge in [-0.2, -0.15) is 13.2 Å². The zero-order chi connectivity index (χ0) is 19.5. The van der Waals surface area contributed by atoms with Crippen molar-refractivity contribution in [3.8, 4) is 0 Å². The molecule has 8 heteroatoms. The van der Waals surface area contributed by atoms with Gasteiger partial charge in [0.1, 0.15) is 5.65 Å². The Morgan fingerprint density at radius 2 is 1.77 bits per heavy atom. The predicted molar refractivity (Wildman–Crippen MR) is 95.8 cm³/mol. The Morgan fingerprint density at radius 1 is 1.15 bits per heavy atom. The highest BCUT2D eigenvalue weighted by Crippen LogP contribution is 2.33. The Kier molecular flexibility index (Phi) is 5.54. The first-order valence-electron chi connectivity index (χ1n) is 7.97. The number of ketones is 1. The third-order valence-corrected chi connectivity index (χ3v) is 3.65. The number of fused-ring (bicyclic) bond motifs is 1. The topological polar surface area (TPSA) is 86.9 Å². The standard InChI is InChI=1S/C16H13F3N4O.C2H6/c17-16(18,19)14(24)10-8-23(7-9-4-2-1-3-5-9)15-12(10)13(21)11(20)6-22-15;1-2/h1-6,8H,7,20H2,(H2,21,22);1-2H3. The van der Waals surface area contributed by atoms with Crippen LogP contribution in [0.25, 0.3) is 11.0 Å². The summed E-state index contributed by atoms with van der Waals surface area (Å²) in [6, 6.07) is 9.08. The van der Waals surface area contributed by atoms with E-state index in [1.165, 1.54) is 10.8 Å². The van der Waals surface area contributed by atoms with Gasteiger partial charge in [0.05, 0.1) is 28.5 Å². The summed E-state index contributed by atoms with van der Waals surface area (Å²) >= 11 is 0. The fourth-order valence-electron chi connectivity index (χ4n) is 2.52. The van der Waals surface area contributed by atoms with Crippen molar-refractivity contribution in [1.29, 1.82) is 0 Å². The minimum Gasteiger partial charge on any atom is -0.396 e. The molecule has 0 aliphatic rings. The first-order chi connectivity index (χ1) is 12.3. The van der Waals surface area contributed by atoms with E-state index in [4.69, 9.17) is 11.5 Å². The third-order valence-electron chi connectivity index (χ3n) is 3.65. The fraction of sp³-hybridized carbons (Fsp3) is 0.222. The Labute approximate surface area is 148 Å². The van der Waals surface area contributed by atoms with Gasteiger partial charge in [0.25, 0.3) is 5.78 Å². The summed E-state index contributed by atoms with van der Waals surface area (Å²) in [6.45, 7) is 4.25. The number of anilines is 2. The Balaban J connectivity index is 0.00000117. The summed E-state index contributed by atoms with van der Waals surface area (Å²) in [5.74, 6) is -1.97. The van der Waals surface area contributed by atoms with Gasteiger partial charge >= 0.3 is 6.18 Å². The number of carbonyl (C=O) groups is 1. The average Bonchev–Trinajstić information content (AvgIpc) is 2.98. The number of benzene rings is 1. The molecule has 0 amide bonds. The maximum absolute atomic E-state index is 12.9. The molecule has 2 aromatic heterocycles. The molecule has 0 bridgehead atoms. The van der Waals surface area contributed by atoms with Crippen molar-refractivity contribution in [3.05, 3.63) is 53.9 Å². The molecule has 0 atom stereocenters. The van der Waals surface area contributed by atoms with Gasteiger partial charge in [0.2, 0.25) is 0 Å². The number of rotatable bonds is 3. The molecular formula is C18H19F3N4O. The molecule has 2 heterocycles. The van der Waals surface area contributed by atoms with Crippen LogP contribution >= 0.6 is 0 Å². The molecule has 0 saturated carbocycles. The van der Waals surface area contributed by atoms with Gasteiger partial charge in [-0.05, 0) is 5.56 Å². The van der Waals surface area contributed by atoms with E-state index in [0.29, 0.717) is 0 Å². The molecule has 5 nitrogen and oxygen atoms in total. The van der Waals surface area contributed by atoms with Crippen LogP contribution < -0.4 is 11.5 Å². The molecule has 4 N–H and O–H groups in total. The van der Waals surface area contributed by atoms with Crippen molar-refractivity contribution in [2.45, 2.75) is 26.6 Å². The van der Waals surface area contributed by atoms with Crippen LogP contribution in [-0.4, -0.2) is 21.5 Å². The number of halogens is 3. The van der Waals surface area contributed by atoms with E-state index >= 15 is 0 Å². The van der Waals surface area contributed by atoms with Crippen molar-refractivity contribution in [2.75, 3.05) is 11.5 Å². The molecule has 0 radical (unpaired) electrons. The number of Topliss-reactive ketones (excluding diaryl/α,β-unsaturated/α-hetero) is 1. The summed E-state index contributed by atoms with van der Waals surface area (Å²) in [6.07, 6.45) is -2.62. The van der Waals surface area contributed by atoms with E-state index in [9.17, 15) is 18.0 Å². The number of pyridine rings is 1. The van der Waals surface area contributed by atoms with E-state index in [0.717, 1.165) is 11.8 Å². The van der Waals surface area contributed by atoms with Crippen molar-refractivity contribution < 1.29 is 18.0 Å². The SMILES string of the molecule is CC.Nc1cnc2c(c(C(=O)C(F)(F)F)cn2Cc2ccccc2)c1N. The molecule has 3 rings (SSSR count). The summed E-state index contributed by atoms with van der Waals surface area (Å²) < 4.78 is 40.1. The summed E-state index contributed by atoms with van der Waals surface area (Å²) in [5.41, 5.74) is 11.9. The lowest BCUT2D eigenvalue weighted by Gasteiger charge is -2.06. The van der Waals surface area contributed by atoms with Crippen LogP contribution in [0.2, 0.25) is 0 Å². The minimum atomic E-state index is -5.01. The van der Waals surface area contributed by atoms with Crippen LogP contribution in [0.5, 0.6) is 0 Å². The second-order valence-corrected chi connectivity index (χ2v) is 5.31. The molecule has 26 heavy (non-hydrogen) atoms. The number of alkyl halides is 3. The first kappa shape index (κ1) is 19.3. The van der Waals surface area contributed by atoms with Crippen LogP contribution in [-0.2, 0) is 6.54 Å². The van der Waals surface area contributed by atoms with E-state index in [2.05, 4.69) is 4.98 Å². The fourth-order valence-corrected chi connectivity index (χ4v) is 2.52. The lowest BCUT2D eigenvalue weighted by atomic mass is 10.1. The molecule has 138 valence electrons. The van der Waals surface area contributed by atoms with Crippen molar-refractivity contribution in [1.82, 2.24) is 9.55 Å². The number of hydrogen-bond acceptors (Lipinski definition) is 4. The average molecular weight is 364 g/mol. The number of carbonyl (C=O) groups excluding carboxylic acids is 1. The van der Waals surface area contributed by atoms with Crippen LogP contribution in [0.3, 0.4) is 0 Å². The van der Waals surface area contributed by atoms with Gasteiger partial charge in [-0.3, -0.25) is 4.79 Å². The third kappa shape index (κ3) is 3.63. The van der Waals surface area contributed by atoms with E-state index in [1.54, 1.807) is 0 Å². The highest BCUT2D eigenvalue weighted by atomic mass is 19.4. The largest absolute Gasteiger partial charge is 0.454 e. The molecule has 0 unspecified atom stereocenters. The lowest BCUT2D eigenvalue weighted by molar-refractivity contribution is -0.0884. The molecule has 0 aliphatic heterocycles. The zero-order valence-electron chi connectivity index (χ0n) is 14.3. The number of nitrogens with two attached hydrogens (primary N) is 2. The van der Waals surface area contributed by atoms with Gasteiger partial charge in [-0.15, -0.1) is 0 Å². The van der Waals surface area contributed by atoms with Gasteiger partial charge in [0.15, 0.2) is 0 Å². The Hall–Kier alpha value is -3.03. The van der Waals surface area contributed by atoms with Crippen LogP contribution in [0.15, 0.2) is 42.7 Å². The van der Waals surface area contributed by atoms with Crippen molar-refractivity contribution in [2.24, 2.45) is 0 Å². The molecule has 0 aliphatic carbocycles. The second kappa shape index (κ2) is 7.47. The number of nitrogens with zero attached hydrogens (tertiary/aromatic N) is 2. The molecular weight excluding hydrogens is 345 g/mol. The van der Waals surface area contributed by atoms with Gasteiger partial charge < -0.3 is 16.0 Å². The van der Waals surface area contributed by atoms with Gasteiger partial charge in [-0.1, -0.05) is 44.2 Å². The van der Waals surface area contributed by atoms with E-state index < -0.39 is 17.5 Å². The lowest BCUT2D eigenvalue weighted by Crippen LogP contribution is -2.22. The zero-order valence-corrected chi connectivity index (χ0v) is 14.3. The first-order valence-corrected chi connectivity index (χ1v) is 7.97. The highest BCUT2D eigenvalue weighted by molar-refractivity contribution is 6.14. The molecule has 0 spiro atoms. The quantitative estimate of drug-likeness (QED) is 0.687. The number of hydrogen-bond donors (Lipinski definition) is 2. The summed E-state index contributed by atoms with van der Waals surface area (Å²) in [7, 11) is 0. The van der Waals surface area contributed by atoms with Crippen molar-refractivity contribution in [3.63, 3.8) is 0 Å². The van der Waals surface area contributed by atoms with Crippen LogP contribution in [0.4, 0.5) is 24.5 Å². The maximum Gasteiger partial charge on any atom is 0.454 e. The Morgan fingerprint density at radius 3 is 2.35 bits per heavy atom. The number of aromatic nitrogens is 2. The van der Waals surface area contributed by atoms with E-state index in [1.807, 2.05) is 44.2 Å². The van der Waals surface area contributed by atoms with E-state index in [-0.39, 0.29) is 29.0 Å². The molecule has 1 aromatic carbocycles. The molecule has 0 fully saturated rings. The van der Waals surface area contributed by atoms with Crippen molar-refractivity contribution >= 4 is 28.2 Å². The maximum atomic E-state index is 12.9. The monoisotopic (exact) mass is 364 g/mol. The minimum absolute atomic E-state index is 0.0242. The normalized spacial score (nSPS) is 11.1. The predicted octanol–water partition coefficient (Wildman–Crippen LogP) is 4.02. The summed E-state index contributed by atoms with van der Waals surface area (Å²) in [4.78, 5) is 15.8. The molecule has 0 saturated heterocycles.